The molecule has 2 aromatic carbocycles. The minimum Gasteiger partial charge on any atom is -0.500 e. The van der Waals surface area contributed by atoms with Crippen molar-refractivity contribution in [2.24, 2.45) is 11.1 Å². The van der Waals surface area contributed by atoms with Crippen LogP contribution in [0.4, 0.5) is 8.78 Å². The summed E-state index contributed by atoms with van der Waals surface area (Å²) in [4.78, 5) is 13.1. The number of hydrogen-bond acceptors (Lipinski definition) is 7. The molecule has 0 fully saturated rings. The minimum atomic E-state index is -3.87. The molecule has 0 spiro atoms. The molecule has 11 heteroatoms. The lowest BCUT2D eigenvalue weighted by Gasteiger charge is -2.25. The van der Waals surface area contributed by atoms with Gasteiger partial charge in [0.1, 0.15) is 13.2 Å². The molecule has 2 atom stereocenters. The summed E-state index contributed by atoms with van der Waals surface area (Å²) in [7, 11) is -2.58. The quantitative estimate of drug-likeness (QED) is 0.600. The van der Waals surface area contributed by atoms with E-state index >= 15 is 0 Å². The van der Waals surface area contributed by atoms with Crippen LogP contribution in [0.3, 0.4) is 0 Å². The van der Waals surface area contributed by atoms with Gasteiger partial charge in [0.2, 0.25) is 15.8 Å². The molecule has 0 radical (unpaired) electrons. The van der Waals surface area contributed by atoms with Crippen LogP contribution in [0, 0.1) is 5.92 Å². The van der Waals surface area contributed by atoms with E-state index in [1.54, 1.807) is 18.2 Å². The third-order valence-electron chi connectivity index (χ3n) is 5.52. The van der Waals surface area contributed by atoms with Crippen LogP contribution in [0.1, 0.15) is 17.0 Å². The van der Waals surface area contributed by atoms with Crippen molar-refractivity contribution in [2.75, 3.05) is 13.7 Å². The van der Waals surface area contributed by atoms with Crippen molar-refractivity contribution >= 4 is 15.8 Å². The summed E-state index contributed by atoms with van der Waals surface area (Å²) in [5.41, 5.74) is 1.60. The van der Waals surface area contributed by atoms with Crippen LogP contribution >= 0.6 is 0 Å². The predicted octanol–water partition coefficient (Wildman–Crippen LogP) is 3.28. The van der Waals surface area contributed by atoms with E-state index in [0.717, 1.165) is 5.57 Å². The number of nitrogens with two attached hydrogens (primary N) is 1. The number of carbonyl (C=O) groups excluding carboxylic acids is 1. The number of benzene rings is 2. The second-order valence-electron chi connectivity index (χ2n) is 7.61. The highest BCUT2D eigenvalue weighted by molar-refractivity contribution is 7.89. The average molecular weight is 493 g/mol. The molecular formula is C23H21F2NO7S. The van der Waals surface area contributed by atoms with Gasteiger partial charge in [-0.3, -0.25) is 4.79 Å². The number of fused-ring (bicyclic) bond motifs is 1. The molecule has 34 heavy (non-hydrogen) atoms. The molecule has 180 valence electrons. The lowest BCUT2D eigenvalue weighted by atomic mass is 9.79. The first kappa shape index (κ1) is 23.7. The van der Waals surface area contributed by atoms with Gasteiger partial charge in [-0.15, -0.1) is 0 Å². The molecule has 2 unspecified atom stereocenters. The Kier molecular flexibility index (Phi) is 6.58. The molecule has 0 saturated heterocycles. The fourth-order valence-electron chi connectivity index (χ4n) is 3.84. The first-order chi connectivity index (χ1) is 16.2. The lowest BCUT2D eigenvalue weighted by molar-refractivity contribution is -0.122. The van der Waals surface area contributed by atoms with E-state index in [0.29, 0.717) is 11.1 Å². The van der Waals surface area contributed by atoms with Crippen molar-refractivity contribution in [1.29, 1.82) is 0 Å². The fraction of sp³-hybridized carbons (Fsp3) is 0.261. The second kappa shape index (κ2) is 9.43. The summed E-state index contributed by atoms with van der Waals surface area (Å²) in [6, 6.07) is 8.56. The first-order valence-electron chi connectivity index (χ1n) is 10.1. The van der Waals surface area contributed by atoms with Gasteiger partial charge < -0.3 is 18.9 Å². The molecule has 0 saturated carbocycles. The van der Waals surface area contributed by atoms with Crippen molar-refractivity contribution in [3.05, 3.63) is 71.5 Å². The van der Waals surface area contributed by atoms with E-state index in [9.17, 15) is 22.0 Å². The van der Waals surface area contributed by atoms with Crippen molar-refractivity contribution in [1.82, 2.24) is 0 Å². The molecule has 0 amide bonds. The van der Waals surface area contributed by atoms with Crippen molar-refractivity contribution in [3.63, 3.8) is 0 Å². The van der Waals surface area contributed by atoms with E-state index in [2.05, 4.69) is 0 Å². The van der Waals surface area contributed by atoms with E-state index in [-0.39, 0.29) is 41.1 Å². The number of carbonyl (C=O) groups is 1. The van der Waals surface area contributed by atoms with Gasteiger partial charge in [0.05, 0.1) is 30.1 Å². The molecule has 2 N–H and O–H groups in total. The number of ether oxygens (including phenoxy) is 4. The van der Waals surface area contributed by atoms with Gasteiger partial charge in [-0.2, -0.15) is 8.78 Å². The number of rotatable bonds is 8. The Hall–Kier alpha value is -3.44. The largest absolute Gasteiger partial charge is 0.500 e. The standard InChI is InChI=1S/C23H21F2NO7S/c1-30-19-9-8-17(16-7-4-14-11-31-12-18(14)20(16)27)21(22(19)33-23(24)25)32-10-13-2-5-15(6-3-13)34(26,28)29/h2-9,11,16,18,23H,10,12H2,1H3,(H2,26,28,29). The molecular weight excluding hydrogens is 472 g/mol. The zero-order valence-electron chi connectivity index (χ0n) is 17.9. The summed E-state index contributed by atoms with van der Waals surface area (Å²) in [5, 5.41) is 5.11. The molecule has 2 aliphatic rings. The highest BCUT2D eigenvalue weighted by Gasteiger charge is 2.37. The number of Topliss-reactive ketones (excluding diaryl/α,β-unsaturated/α-hetero) is 1. The minimum absolute atomic E-state index is 0.000598. The van der Waals surface area contributed by atoms with Crippen LogP contribution < -0.4 is 19.3 Å². The predicted molar refractivity (Wildman–Crippen MR) is 116 cm³/mol. The van der Waals surface area contributed by atoms with Crippen LogP contribution in [0.15, 0.2) is 65.3 Å². The zero-order chi connectivity index (χ0) is 24.5. The summed E-state index contributed by atoms with van der Waals surface area (Å²) < 4.78 is 70.5. The van der Waals surface area contributed by atoms with Gasteiger partial charge in [-0.25, -0.2) is 13.6 Å². The Labute approximate surface area is 194 Å². The van der Waals surface area contributed by atoms with Crippen LogP contribution in [0.25, 0.3) is 0 Å². The zero-order valence-corrected chi connectivity index (χ0v) is 18.8. The lowest BCUT2D eigenvalue weighted by Crippen LogP contribution is -2.26. The number of halogens is 2. The Morgan fingerprint density at radius 2 is 1.88 bits per heavy atom. The molecule has 8 nitrogen and oxygen atoms in total. The highest BCUT2D eigenvalue weighted by atomic mass is 32.2. The van der Waals surface area contributed by atoms with Crippen LogP contribution in [-0.4, -0.2) is 34.5 Å². The van der Waals surface area contributed by atoms with Gasteiger partial charge in [0.15, 0.2) is 17.3 Å². The number of hydrogen-bond donors (Lipinski definition) is 1. The Balaban J connectivity index is 1.72. The smallest absolute Gasteiger partial charge is 0.387 e. The average Bonchev–Trinajstić information content (AvgIpc) is 3.28. The Bertz CT molecular complexity index is 1260. The van der Waals surface area contributed by atoms with Crippen molar-refractivity contribution in [3.8, 4) is 17.2 Å². The van der Waals surface area contributed by atoms with E-state index in [1.807, 2.05) is 0 Å². The van der Waals surface area contributed by atoms with Gasteiger partial charge in [0.25, 0.3) is 0 Å². The maximum atomic E-state index is 13.3. The van der Waals surface area contributed by atoms with Crippen LogP contribution in [0.5, 0.6) is 17.2 Å². The number of alkyl halides is 2. The van der Waals surface area contributed by atoms with Gasteiger partial charge in [-0.05, 0) is 23.8 Å². The Morgan fingerprint density at radius 3 is 2.53 bits per heavy atom. The maximum absolute atomic E-state index is 13.3. The van der Waals surface area contributed by atoms with Crippen LogP contribution in [-0.2, 0) is 26.2 Å². The molecule has 1 aliphatic heterocycles. The number of ketones is 1. The fourth-order valence-corrected chi connectivity index (χ4v) is 4.36. The van der Waals surface area contributed by atoms with Gasteiger partial charge >= 0.3 is 6.61 Å². The van der Waals surface area contributed by atoms with E-state index in [1.165, 1.54) is 43.7 Å². The van der Waals surface area contributed by atoms with Gasteiger partial charge in [-0.1, -0.05) is 30.4 Å². The highest BCUT2D eigenvalue weighted by Crippen LogP contribution is 2.46. The summed E-state index contributed by atoms with van der Waals surface area (Å²) >= 11 is 0. The third-order valence-corrected chi connectivity index (χ3v) is 6.45. The maximum Gasteiger partial charge on any atom is 0.387 e. The summed E-state index contributed by atoms with van der Waals surface area (Å²) in [6.07, 6.45) is 4.94. The summed E-state index contributed by atoms with van der Waals surface area (Å²) in [5.74, 6) is -1.84. The molecule has 2 aromatic rings. The number of methoxy groups -OCH3 is 1. The summed E-state index contributed by atoms with van der Waals surface area (Å²) in [6.45, 7) is -3.10. The molecule has 0 bridgehead atoms. The molecule has 1 aliphatic carbocycles. The van der Waals surface area contributed by atoms with Crippen molar-refractivity contribution in [2.45, 2.75) is 24.0 Å². The molecule has 0 aromatic heterocycles. The number of allylic oxidation sites excluding steroid dienone is 2. The first-order valence-corrected chi connectivity index (χ1v) is 11.7. The number of primary sulfonamides is 1. The normalized spacial score (nSPS) is 19.4. The topological polar surface area (TPSA) is 114 Å². The van der Waals surface area contributed by atoms with Crippen molar-refractivity contribution < 1.29 is 40.9 Å². The van der Waals surface area contributed by atoms with E-state index in [4.69, 9.17) is 24.1 Å². The SMILES string of the molecule is COc1ccc(C2C=CC3=COCC3C2=O)c(OCc2ccc(S(N)(=O)=O)cc2)c1OC(F)F. The monoisotopic (exact) mass is 493 g/mol. The van der Waals surface area contributed by atoms with Gasteiger partial charge in [0, 0.05) is 11.1 Å². The molecule has 4 rings (SSSR count). The van der Waals surface area contributed by atoms with E-state index < -0.39 is 28.5 Å². The van der Waals surface area contributed by atoms with Crippen LogP contribution in [0.2, 0.25) is 0 Å². The third kappa shape index (κ3) is 4.75. The molecule has 1 heterocycles. The second-order valence-corrected chi connectivity index (χ2v) is 9.18. The Morgan fingerprint density at radius 1 is 1.15 bits per heavy atom. The number of sulfonamides is 1.